The molecule has 0 saturated carbocycles. The Kier molecular flexibility index (Phi) is 22.4. The molecule has 5 rings (SSSR count). The van der Waals surface area contributed by atoms with Crippen LogP contribution in [0.3, 0.4) is 0 Å². The summed E-state index contributed by atoms with van der Waals surface area (Å²) in [6.45, 7) is 11.7. The number of nitrogens with one attached hydrogen (secondary N) is 3. The van der Waals surface area contributed by atoms with E-state index >= 15 is 0 Å². The first-order valence-corrected chi connectivity index (χ1v) is 22.2. The summed E-state index contributed by atoms with van der Waals surface area (Å²) in [5.74, 6) is -1.19. The molecule has 2 aromatic rings. The second-order valence-corrected chi connectivity index (χ2v) is 19.7. The van der Waals surface area contributed by atoms with E-state index < -0.39 is 78.7 Å². The number of benzene rings is 2. The molecule has 2 aromatic carbocycles. The van der Waals surface area contributed by atoms with Crippen LogP contribution in [0.1, 0.15) is 41.5 Å². The van der Waals surface area contributed by atoms with Crippen LogP contribution in [0.2, 0.25) is 10.0 Å². The molecule has 10 N–H and O–H groups in total. The van der Waals surface area contributed by atoms with Crippen molar-refractivity contribution in [1.82, 2.24) is 5.32 Å². The summed E-state index contributed by atoms with van der Waals surface area (Å²) in [5.41, 5.74) is 6.68. The smallest absolute Gasteiger partial charge is 0.338 e. The summed E-state index contributed by atoms with van der Waals surface area (Å²) in [6, 6.07) is 9.06. The molecule has 1 fully saturated rings. The maximum atomic E-state index is 12.7. The van der Waals surface area contributed by atoms with Crippen molar-refractivity contribution in [3.05, 3.63) is 70.7 Å². The number of fused-ring (bicyclic) bond motifs is 2. The quantitative estimate of drug-likeness (QED) is 0.121. The molecular weight excluding hydrogens is 923 g/mol. The van der Waals surface area contributed by atoms with Gasteiger partial charge >= 0.3 is 5.97 Å². The molecule has 21 heteroatoms. The fourth-order valence-corrected chi connectivity index (χ4v) is 8.15. The molecule has 3 heterocycles. The number of cyclic esters (lactones) is 1. The molecule has 63 heavy (non-hydrogen) atoms. The fraction of sp³-hybridized carbons (Fsp3) is 0.524. The lowest BCUT2D eigenvalue weighted by molar-refractivity contribution is -0.151. The molecule has 0 spiro atoms. The largest absolute Gasteiger partial charge is 0.454 e. The number of aliphatic hydroxyl groups is 5. The van der Waals surface area contributed by atoms with E-state index in [2.05, 4.69) is 16.0 Å². The van der Waals surface area contributed by atoms with Crippen LogP contribution in [-0.4, -0.2) is 136 Å². The number of esters is 1. The molecule has 16 nitrogen and oxygen atoms in total. The van der Waals surface area contributed by atoms with Gasteiger partial charge in [0.15, 0.2) is 18.3 Å². The number of carbonyl (C=O) groups is 4. The third-order valence-corrected chi connectivity index (χ3v) is 11.8. The van der Waals surface area contributed by atoms with Crippen LogP contribution in [0, 0.1) is 10.8 Å². The van der Waals surface area contributed by atoms with E-state index in [9.17, 15) is 44.7 Å². The molecule has 0 aromatic heterocycles. The van der Waals surface area contributed by atoms with E-state index in [0.29, 0.717) is 21.5 Å². The van der Waals surface area contributed by atoms with Crippen LogP contribution >= 0.6 is 59.1 Å². The fourth-order valence-electron chi connectivity index (χ4n) is 5.62. The Morgan fingerprint density at radius 1 is 0.857 bits per heavy atom. The Hall–Kier alpha value is -2.95. The summed E-state index contributed by atoms with van der Waals surface area (Å²) in [5, 5.41) is 59.6. The minimum absolute atomic E-state index is 0. The number of carbonyl (C=O) groups excluding carboxylic acids is 4. The molecule has 3 amide bonds. The van der Waals surface area contributed by atoms with E-state index in [1.54, 1.807) is 54.2 Å². The van der Waals surface area contributed by atoms with Gasteiger partial charge in [0.2, 0.25) is 11.8 Å². The number of amides is 3. The van der Waals surface area contributed by atoms with Gasteiger partial charge < -0.3 is 61.4 Å². The zero-order valence-corrected chi connectivity index (χ0v) is 40.1. The van der Waals surface area contributed by atoms with Crippen molar-refractivity contribution in [1.29, 1.82) is 0 Å². The number of halogens is 3. The first-order chi connectivity index (χ1) is 28.8. The first kappa shape index (κ1) is 56.2. The highest BCUT2D eigenvalue weighted by Crippen LogP contribution is 2.34. The Labute approximate surface area is 392 Å². The number of hydrogen-bond donors (Lipinski definition) is 9. The standard InChI is InChI=1S/C21H29ClN2O6S.C12H20O5.C9H9ClN2OS.ClH/c1-21(2,3)8-7-14(25)16(26)17(27)18(30-4)20(29)24-13-10-31-15-9-11(22)5-6-12(15)23-19(13)28;1-12(2,3)6-5-7(13)9-8(14)10(16-4)11(15)17-9;10-5-1-2-7-8(3-5)14-4-6(11)9(13)12-7;/h5-9,13-14,16-18,25-27H,10H2,1-4H3,(H,23,28)(H,24,29);5-10,13-14H,1-4H3;1-3,6H,4,11H2,(H,12,13);1H/b8-7+;6-5+;;/t13-,14+,16-,17+,18+;7-,8-,9+,10-;6-;/m010./s1. The number of aliphatic hydroxyl groups excluding tert-OH is 5. The third kappa shape index (κ3) is 17.4. The van der Waals surface area contributed by atoms with Gasteiger partial charge in [-0.05, 0) is 47.2 Å². The minimum atomic E-state index is -1.72. The maximum absolute atomic E-state index is 12.7. The van der Waals surface area contributed by atoms with Crippen molar-refractivity contribution in [2.75, 3.05) is 36.4 Å². The predicted octanol–water partition coefficient (Wildman–Crippen LogP) is 3.95. The summed E-state index contributed by atoms with van der Waals surface area (Å²) >= 11 is 14.7. The number of hydrogen-bond acceptors (Lipinski definition) is 15. The van der Waals surface area contributed by atoms with Crippen LogP contribution in [0.4, 0.5) is 11.4 Å². The Morgan fingerprint density at radius 2 is 1.37 bits per heavy atom. The number of thioether (sulfide) groups is 2. The van der Waals surface area contributed by atoms with Gasteiger partial charge in [0.1, 0.15) is 36.6 Å². The number of rotatable bonds is 10. The van der Waals surface area contributed by atoms with E-state index in [-0.39, 0.29) is 34.9 Å². The van der Waals surface area contributed by atoms with Crippen LogP contribution in [0.15, 0.2) is 70.5 Å². The predicted molar refractivity (Wildman–Crippen MR) is 247 cm³/mol. The zero-order chi connectivity index (χ0) is 46.7. The van der Waals surface area contributed by atoms with E-state index in [4.69, 9.17) is 43.1 Å². The van der Waals surface area contributed by atoms with Gasteiger partial charge in [0.25, 0.3) is 5.91 Å². The molecule has 3 aliphatic heterocycles. The average molecular weight is 982 g/mol. The Bertz CT molecular complexity index is 1930. The number of nitrogens with two attached hydrogens (primary N) is 1. The average Bonchev–Trinajstić information content (AvgIpc) is 3.29. The van der Waals surface area contributed by atoms with Gasteiger partial charge in [-0.2, -0.15) is 0 Å². The van der Waals surface area contributed by atoms with Crippen molar-refractivity contribution in [2.45, 2.75) is 112 Å². The van der Waals surface area contributed by atoms with Gasteiger partial charge in [0, 0.05) is 45.6 Å². The summed E-state index contributed by atoms with van der Waals surface area (Å²) < 4.78 is 14.8. The molecule has 0 bridgehead atoms. The number of methoxy groups -OCH3 is 2. The van der Waals surface area contributed by atoms with Gasteiger partial charge in [-0.25, -0.2) is 4.79 Å². The van der Waals surface area contributed by atoms with Crippen LogP contribution in [0.5, 0.6) is 0 Å². The number of ether oxygens (including phenoxy) is 3. The topological polar surface area (TPSA) is 259 Å². The highest BCUT2D eigenvalue weighted by molar-refractivity contribution is 7.99. The van der Waals surface area contributed by atoms with Crippen molar-refractivity contribution in [3.63, 3.8) is 0 Å². The van der Waals surface area contributed by atoms with Crippen molar-refractivity contribution in [2.24, 2.45) is 16.6 Å². The van der Waals surface area contributed by atoms with Crippen LogP contribution in [-0.2, 0) is 33.4 Å². The minimum Gasteiger partial charge on any atom is -0.454 e. The molecule has 0 aliphatic carbocycles. The molecule has 352 valence electrons. The highest BCUT2D eigenvalue weighted by Gasteiger charge is 2.47. The lowest BCUT2D eigenvalue weighted by Gasteiger charge is -2.28. The van der Waals surface area contributed by atoms with Gasteiger partial charge in [-0.1, -0.05) is 89.0 Å². The van der Waals surface area contributed by atoms with Crippen molar-refractivity contribution >= 4 is 94.2 Å². The number of anilines is 2. The highest BCUT2D eigenvalue weighted by atomic mass is 35.5. The van der Waals surface area contributed by atoms with Gasteiger partial charge in [-0.15, -0.1) is 35.9 Å². The van der Waals surface area contributed by atoms with E-state index in [0.717, 1.165) is 15.5 Å². The van der Waals surface area contributed by atoms with Gasteiger partial charge in [0.05, 0.1) is 17.4 Å². The SMILES string of the molecule is CO[C@@H](C(=O)N[C@H]1CSc2cc(Cl)ccc2NC1=O)[C@H](O)[C@@H](O)[C@H](O)/C=C/C(C)(C)C.CO[C@H]1C(=O)O[C@@H]([C@H](O)/C=C/C(C)(C)C)[C@H]1O.Cl.N[C@H]1CSc2cc(Cl)ccc2NC1=O. The first-order valence-electron chi connectivity index (χ1n) is 19.4. The number of allylic oxidation sites excluding steroid dienone is 2. The molecule has 3 aliphatic rings. The lowest BCUT2D eigenvalue weighted by atomic mass is 9.94. The monoisotopic (exact) mass is 980 g/mol. The summed E-state index contributed by atoms with van der Waals surface area (Å²) in [4.78, 5) is 49.6. The molecule has 0 unspecified atom stereocenters. The second kappa shape index (κ2) is 25.1. The third-order valence-electron chi connectivity index (χ3n) is 9.03. The molecule has 10 atom stereocenters. The van der Waals surface area contributed by atoms with Crippen molar-refractivity contribution < 1.29 is 58.9 Å². The van der Waals surface area contributed by atoms with E-state index in [1.807, 2.05) is 47.6 Å². The van der Waals surface area contributed by atoms with Gasteiger partial charge in [-0.3, -0.25) is 14.4 Å². The Balaban J connectivity index is 0.000000357. The van der Waals surface area contributed by atoms with Crippen LogP contribution < -0.4 is 21.7 Å². The molecule has 1 saturated heterocycles. The molecule has 0 radical (unpaired) electrons. The van der Waals surface area contributed by atoms with Crippen LogP contribution in [0.25, 0.3) is 0 Å². The molecular formula is C42H59Cl3N4O12S2. The Morgan fingerprint density at radius 3 is 1.86 bits per heavy atom. The zero-order valence-electron chi connectivity index (χ0n) is 36.1. The second-order valence-electron chi connectivity index (χ2n) is 16.7. The maximum Gasteiger partial charge on any atom is 0.338 e. The lowest BCUT2D eigenvalue weighted by Crippen LogP contribution is -2.55. The summed E-state index contributed by atoms with van der Waals surface area (Å²) in [6.07, 6.45) is -4.08. The normalized spacial score (nSPS) is 23.6. The van der Waals surface area contributed by atoms with E-state index in [1.165, 1.54) is 38.1 Å². The van der Waals surface area contributed by atoms with Crippen molar-refractivity contribution in [3.8, 4) is 0 Å². The summed E-state index contributed by atoms with van der Waals surface area (Å²) in [7, 11) is 2.51.